The van der Waals surface area contributed by atoms with Crippen molar-refractivity contribution in [2.45, 2.75) is 16.6 Å². The Morgan fingerprint density at radius 1 is 1.70 bits per heavy atom. The topological polar surface area (TPSA) is 20.3 Å². The molecule has 0 spiro atoms. The Morgan fingerprint density at radius 2 is 2.50 bits per heavy atom. The van der Waals surface area contributed by atoms with Gasteiger partial charge in [0.2, 0.25) is 5.91 Å². The van der Waals surface area contributed by atoms with Crippen LogP contribution < -0.4 is 0 Å². The van der Waals surface area contributed by atoms with Crippen molar-refractivity contribution in [3.05, 3.63) is 0 Å². The molecule has 2 saturated heterocycles. The maximum absolute atomic E-state index is 10.9. The lowest BCUT2D eigenvalue weighted by Gasteiger charge is -2.44. The van der Waals surface area contributed by atoms with E-state index in [1.54, 1.807) is 0 Å². The van der Waals surface area contributed by atoms with Crippen molar-refractivity contribution in [1.82, 2.24) is 4.90 Å². The number of carbonyl (C=O) groups excluding carboxylic acids is 1. The van der Waals surface area contributed by atoms with Crippen molar-refractivity contribution in [2.75, 3.05) is 12.3 Å². The zero-order valence-corrected chi connectivity index (χ0v) is 7.82. The summed E-state index contributed by atoms with van der Waals surface area (Å²) in [7, 11) is 0. The van der Waals surface area contributed by atoms with Crippen LogP contribution >= 0.6 is 27.7 Å². The quantitative estimate of drug-likeness (QED) is 0.451. The smallest absolute Gasteiger partial charge is 0.226 e. The number of fused-ring (bicyclic) bond motifs is 1. The van der Waals surface area contributed by atoms with Gasteiger partial charge in [-0.1, -0.05) is 15.9 Å². The van der Waals surface area contributed by atoms with Gasteiger partial charge in [0.25, 0.3) is 0 Å². The summed E-state index contributed by atoms with van der Waals surface area (Å²) in [5, 5.41) is 0.515. The highest BCUT2D eigenvalue weighted by molar-refractivity contribution is 9.09. The van der Waals surface area contributed by atoms with E-state index in [0.29, 0.717) is 16.1 Å². The first-order valence-electron chi connectivity index (χ1n) is 3.32. The molecule has 0 aromatic heterocycles. The highest BCUT2D eigenvalue weighted by atomic mass is 79.9. The van der Waals surface area contributed by atoms with Crippen LogP contribution in [0, 0.1) is 0 Å². The number of alkyl halides is 1. The fourth-order valence-corrected chi connectivity index (χ4v) is 3.23. The van der Waals surface area contributed by atoms with Crippen LogP contribution in [0.2, 0.25) is 0 Å². The van der Waals surface area contributed by atoms with Gasteiger partial charge in [-0.25, -0.2) is 0 Å². The van der Waals surface area contributed by atoms with Gasteiger partial charge in [-0.15, -0.1) is 11.8 Å². The minimum Gasteiger partial charge on any atom is -0.329 e. The number of halogens is 1. The molecule has 4 heteroatoms. The van der Waals surface area contributed by atoms with Gasteiger partial charge in [-0.05, 0) is 0 Å². The molecule has 0 radical (unpaired) electrons. The molecule has 56 valence electrons. The summed E-state index contributed by atoms with van der Waals surface area (Å²) in [5.74, 6) is 1.47. The molecular formula is C6H8BrNOS. The second kappa shape index (κ2) is 2.41. The van der Waals surface area contributed by atoms with Crippen molar-refractivity contribution in [3.63, 3.8) is 0 Å². The minimum atomic E-state index is 0.321. The van der Waals surface area contributed by atoms with Gasteiger partial charge >= 0.3 is 0 Å². The molecule has 0 N–H and O–H groups in total. The first-order valence-corrected chi connectivity index (χ1v) is 5.29. The second-order valence-electron chi connectivity index (χ2n) is 2.64. The van der Waals surface area contributed by atoms with Gasteiger partial charge in [-0.3, -0.25) is 4.79 Å². The maximum Gasteiger partial charge on any atom is 0.226 e. The zero-order chi connectivity index (χ0) is 7.14. The molecule has 2 fully saturated rings. The summed E-state index contributed by atoms with van der Waals surface area (Å²) in [6.45, 7) is 0.913. The number of hydrogen-bond donors (Lipinski definition) is 0. The first kappa shape index (κ1) is 6.98. The SMILES string of the molecule is O=C1C[C@@H]2SC[C@@H](Br)CN12. The molecule has 2 heterocycles. The number of carbonyl (C=O) groups is 1. The van der Waals surface area contributed by atoms with Crippen LogP contribution in [0.1, 0.15) is 6.42 Å². The Labute approximate surface area is 72.5 Å². The molecule has 0 unspecified atom stereocenters. The Kier molecular flexibility index (Phi) is 1.68. The lowest BCUT2D eigenvalue weighted by Crippen LogP contribution is -2.56. The zero-order valence-electron chi connectivity index (χ0n) is 5.42. The highest BCUT2D eigenvalue weighted by Gasteiger charge is 2.40. The average molecular weight is 222 g/mol. The van der Waals surface area contributed by atoms with E-state index in [9.17, 15) is 4.79 Å². The third-order valence-electron chi connectivity index (χ3n) is 1.88. The van der Waals surface area contributed by atoms with E-state index in [2.05, 4.69) is 15.9 Å². The van der Waals surface area contributed by atoms with Crippen molar-refractivity contribution < 1.29 is 4.79 Å². The van der Waals surface area contributed by atoms with Crippen LogP contribution in [0.4, 0.5) is 0 Å². The minimum absolute atomic E-state index is 0.321. The molecule has 2 aliphatic rings. The number of amides is 1. The van der Waals surface area contributed by atoms with Crippen LogP contribution in [0.15, 0.2) is 0 Å². The molecule has 10 heavy (non-hydrogen) atoms. The van der Waals surface area contributed by atoms with E-state index in [1.807, 2.05) is 16.7 Å². The van der Waals surface area contributed by atoms with Crippen LogP contribution in [0.3, 0.4) is 0 Å². The van der Waals surface area contributed by atoms with Crippen molar-refractivity contribution in [1.29, 1.82) is 0 Å². The van der Waals surface area contributed by atoms with Gasteiger partial charge in [0.15, 0.2) is 0 Å². The number of thioether (sulfide) groups is 1. The van der Waals surface area contributed by atoms with Gasteiger partial charge < -0.3 is 4.90 Å². The fraction of sp³-hybridized carbons (Fsp3) is 0.833. The number of hydrogen-bond acceptors (Lipinski definition) is 2. The molecule has 2 atom stereocenters. The lowest BCUT2D eigenvalue weighted by atomic mass is 10.2. The predicted molar refractivity (Wildman–Crippen MR) is 45.3 cm³/mol. The normalized spacial score (nSPS) is 38.9. The largest absolute Gasteiger partial charge is 0.329 e. The van der Waals surface area contributed by atoms with Crippen LogP contribution in [-0.4, -0.2) is 33.3 Å². The van der Waals surface area contributed by atoms with E-state index in [1.165, 1.54) is 0 Å². The van der Waals surface area contributed by atoms with Crippen molar-refractivity contribution in [3.8, 4) is 0 Å². The van der Waals surface area contributed by atoms with Crippen molar-refractivity contribution in [2.24, 2.45) is 0 Å². The van der Waals surface area contributed by atoms with Crippen LogP contribution in [0.25, 0.3) is 0 Å². The number of β-lactam (4-membered cyclic amide) rings is 1. The maximum atomic E-state index is 10.9. The standard InChI is InChI=1S/C6H8BrNOS/c7-4-2-8-5(9)1-6(8)10-3-4/h4,6H,1-3H2/t4-,6-/m0/s1. The monoisotopic (exact) mass is 221 g/mol. The molecule has 2 rings (SSSR count). The van der Waals surface area contributed by atoms with Gasteiger partial charge in [0.1, 0.15) is 0 Å². The first-order chi connectivity index (χ1) is 4.77. The summed E-state index contributed by atoms with van der Waals surface area (Å²) in [5.41, 5.74) is 0. The molecular weight excluding hydrogens is 214 g/mol. The van der Waals surface area contributed by atoms with Gasteiger partial charge in [0, 0.05) is 17.1 Å². The van der Waals surface area contributed by atoms with E-state index in [-0.39, 0.29) is 0 Å². The van der Waals surface area contributed by atoms with Crippen LogP contribution in [0.5, 0.6) is 0 Å². The van der Waals surface area contributed by atoms with E-state index >= 15 is 0 Å². The predicted octanol–water partition coefficient (Wildman–Crippen LogP) is 1.06. The summed E-state index contributed by atoms with van der Waals surface area (Å²) in [6, 6.07) is 0. The Balaban J connectivity index is 2.00. The molecule has 0 aliphatic carbocycles. The van der Waals surface area contributed by atoms with Gasteiger partial charge in [0.05, 0.1) is 11.8 Å². The molecule has 0 saturated carbocycles. The molecule has 2 aliphatic heterocycles. The highest BCUT2D eigenvalue weighted by Crippen LogP contribution is 2.35. The molecule has 2 nitrogen and oxygen atoms in total. The molecule has 0 aromatic rings. The molecule has 1 amide bonds. The van der Waals surface area contributed by atoms with Gasteiger partial charge in [-0.2, -0.15) is 0 Å². The van der Waals surface area contributed by atoms with Crippen LogP contribution in [-0.2, 0) is 4.79 Å². The summed E-state index contributed by atoms with van der Waals surface area (Å²) >= 11 is 5.39. The Morgan fingerprint density at radius 3 is 3.10 bits per heavy atom. The average Bonchev–Trinajstić information content (AvgIpc) is 1.92. The third-order valence-corrected chi connectivity index (χ3v) is 4.32. The lowest BCUT2D eigenvalue weighted by molar-refractivity contribution is -0.141. The summed E-state index contributed by atoms with van der Waals surface area (Å²) in [6.07, 6.45) is 0.768. The van der Waals surface area contributed by atoms with E-state index < -0.39 is 0 Å². The van der Waals surface area contributed by atoms with E-state index in [0.717, 1.165) is 18.7 Å². The van der Waals surface area contributed by atoms with E-state index in [4.69, 9.17) is 0 Å². The fourth-order valence-electron chi connectivity index (χ4n) is 1.27. The second-order valence-corrected chi connectivity index (χ2v) is 5.14. The third kappa shape index (κ3) is 0.975. The van der Waals surface area contributed by atoms with Crippen molar-refractivity contribution >= 4 is 33.6 Å². The molecule has 0 bridgehead atoms. The number of nitrogens with zero attached hydrogens (tertiary/aromatic N) is 1. The Bertz CT molecular complexity index is 175. The summed E-state index contributed by atoms with van der Waals surface area (Å²) in [4.78, 5) is 13.4. The molecule has 0 aromatic carbocycles. The summed E-state index contributed by atoms with van der Waals surface area (Å²) < 4.78 is 0. The number of rotatable bonds is 0. The Hall–Kier alpha value is 0.300.